The van der Waals surface area contributed by atoms with Crippen LogP contribution in [0.25, 0.3) is 0 Å². The highest BCUT2D eigenvalue weighted by Gasteiger charge is 2.20. The van der Waals surface area contributed by atoms with E-state index in [9.17, 15) is 8.78 Å². The molecule has 8 heteroatoms. The molecule has 0 atom stereocenters. The van der Waals surface area contributed by atoms with Crippen molar-refractivity contribution in [3.63, 3.8) is 0 Å². The molecule has 0 aliphatic carbocycles. The Morgan fingerprint density at radius 1 is 1.35 bits per heavy atom. The Kier molecular flexibility index (Phi) is 6.52. The second-order valence-corrected chi connectivity index (χ2v) is 5.70. The maximum Gasteiger partial charge on any atom is 0.299 e. The third kappa shape index (κ3) is 4.51. The van der Waals surface area contributed by atoms with E-state index in [1.807, 2.05) is 12.1 Å². The molecule has 0 unspecified atom stereocenters. The quantitative estimate of drug-likeness (QED) is 0.414. The van der Waals surface area contributed by atoms with Crippen LogP contribution < -0.4 is 4.74 Å². The van der Waals surface area contributed by atoms with E-state index in [1.165, 1.54) is 18.0 Å². The van der Waals surface area contributed by atoms with Gasteiger partial charge in [0.15, 0.2) is 0 Å². The number of ether oxygens (including phenoxy) is 1. The van der Waals surface area contributed by atoms with Crippen LogP contribution in [0.3, 0.4) is 0 Å². The lowest BCUT2D eigenvalue weighted by atomic mass is 10.2. The molecular formula is C15H18F2N4OS. The predicted octanol–water partition coefficient (Wildman–Crippen LogP) is 4.00. The first-order valence-corrected chi connectivity index (χ1v) is 8.19. The number of alkyl halides is 2. The van der Waals surface area contributed by atoms with E-state index in [4.69, 9.17) is 4.74 Å². The molecule has 1 aromatic carbocycles. The minimum absolute atomic E-state index is 0.361. The van der Waals surface area contributed by atoms with E-state index < -0.39 is 12.2 Å². The van der Waals surface area contributed by atoms with Gasteiger partial charge in [0.05, 0.1) is 13.3 Å². The fraction of sp³-hybridized carbons (Fsp3) is 0.400. The zero-order valence-electron chi connectivity index (χ0n) is 12.9. The molecule has 1 heterocycles. The topological polar surface area (TPSA) is 52.3 Å². The van der Waals surface area contributed by atoms with Crippen LogP contribution in [-0.4, -0.2) is 34.0 Å². The summed E-state index contributed by atoms with van der Waals surface area (Å²) in [6.07, 6.45) is 0.723. The number of para-hydroxylation sites is 1. The summed E-state index contributed by atoms with van der Waals surface area (Å²) in [7, 11) is 1.54. The van der Waals surface area contributed by atoms with Crippen LogP contribution in [-0.2, 0) is 0 Å². The average Bonchev–Trinajstić information content (AvgIpc) is 2.96. The zero-order valence-corrected chi connectivity index (χ0v) is 13.8. The number of benzene rings is 1. The van der Waals surface area contributed by atoms with Gasteiger partial charge in [-0.1, -0.05) is 37.2 Å². The highest BCUT2D eigenvalue weighted by molar-refractivity contribution is 7.99. The lowest BCUT2D eigenvalue weighted by Gasteiger charge is -2.05. The Bertz CT molecular complexity index is 661. The van der Waals surface area contributed by atoms with E-state index in [2.05, 4.69) is 22.2 Å². The molecule has 0 bridgehead atoms. The van der Waals surface area contributed by atoms with Crippen molar-refractivity contribution >= 4 is 18.0 Å². The van der Waals surface area contributed by atoms with Gasteiger partial charge in [-0.05, 0) is 18.6 Å². The maximum absolute atomic E-state index is 13.1. The van der Waals surface area contributed by atoms with Gasteiger partial charge in [0.25, 0.3) is 6.43 Å². The van der Waals surface area contributed by atoms with Crippen molar-refractivity contribution in [2.45, 2.75) is 31.3 Å². The van der Waals surface area contributed by atoms with Gasteiger partial charge in [-0.3, -0.25) is 0 Å². The molecule has 0 amide bonds. The number of halogens is 2. The number of unbranched alkanes of at least 4 members (excludes halogenated alkanes) is 1. The number of aromatic nitrogens is 3. The van der Waals surface area contributed by atoms with Gasteiger partial charge in [-0.15, -0.1) is 10.2 Å². The van der Waals surface area contributed by atoms with E-state index >= 15 is 0 Å². The normalized spacial score (nSPS) is 11.5. The predicted molar refractivity (Wildman–Crippen MR) is 86.6 cm³/mol. The SMILES string of the molecule is CCCCSc1nnc(C(F)F)n1/N=C\c1ccccc1OC. The summed E-state index contributed by atoms with van der Waals surface area (Å²) < 4.78 is 32.5. The molecule has 0 N–H and O–H groups in total. The van der Waals surface area contributed by atoms with Crippen LogP contribution >= 0.6 is 11.8 Å². The third-order valence-corrected chi connectivity index (χ3v) is 4.02. The molecule has 2 rings (SSSR count). The van der Waals surface area contributed by atoms with E-state index in [-0.39, 0.29) is 0 Å². The molecule has 0 fully saturated rings. The van der Waals surface area contributed by atoms with Gasteiger partial charge in [-0.25, -0.2) is 8.78 Å². The van der Waals surface area contributed by atoms with Gasteiger partial charge in [0.2, 0.25) is 11.0 Å². The molecule has 0 spiro atoms. The minimum Gasteiger partial charge on any atom is -0.496 e. The lowest BCUT2D eigenvalue weighted by Crippen LogP contribution is -2.01. The molecule has 124 valence electrons. The molecule has 0 saturated heterocycles. The molecule has 2 aromatic rings. The van der Waals surface area contributed by atoms with Crippen LogP contribution in [0.2, 0.25) is 0 Å². The second-order valence-electron chi connectivity index (χ2n) is 4.64. The van der Waals surface area contributed by atoms with Crippen molar-refractivity contribution < 1.29 is 13.5 Å². The molecule has 1 aromatic heterocycles. The smallest absolute Gasteiger partial charge is 0.299 e. The van der Waals surface area contributed by atoms with E-state index in [1.54, 1.807) is 19.2 Å². The highest BCUT2D eigenvalue weighted by atomic mass is 32.2. The summed E-state index contributed by atoms with van der Waals surface area (Å²) in [5.74, 6) is 0.931. The summed E-state index contributed by atoms with van der Waals surface area (Å²) >= 11 is 1.37. The van der Waals surface area contributed by atoms with Gasteiger partial charge < -0.3 is 4.74 Å². The monoisotopic (exact) mass is 340 g/mol. The fourth-order valence-electron chi connectivity index (χ4n) is 1.81. The summed E-state index contributed by atoms with van der Waals surface area (Å²) in [5.41, 5.74) is 0.688. The van der Waals surface area contributed by atoms with Crippen LogP contribution in [0.5, 0.6) is 5.75 Å². The number of nitrogens with zero attached hydrogens (tertiary/aromatic N) is 4. The van der Waals surface area contributed by atoms with Crippen molar-refractivity contribution in [2.75, 3.05) is 12.9 Å². The molecule has 0 saturated carbocycles. The first-order valence-electron chi connectivity index (χ1n) is 7.21. The van der Waals surface area contributed by atoms with E-state index in [0.29, 0.717) is 16.5 Å². The van der Waals surface area contributed by atoms with Crippen molar-refractivity contribution in [1.29, 1.82) is 0 Å². The summed E-state index contributed by atoms with van der Waals surface area (Å²) in [6.45, 7) is 2.07. The maximum atomic E-state index is 13.1. The summed E-state index contributed by atoms with van der Waals surface area (Å²) in [4.78, 5) is 0. The van der Waals surface area contributed by atoms with E-state index in [0.717, 1.165) is 23.3 Å². The second kappa shape index (κ2) is 8.61. The zero-order chi connectivity index (χ0) is 16.7. The van der Waals surface area contributed by atoms with Gasteiger partial charge in [-0.2, -0.15) is 9.78 Å². The average molecular weight is 340 g/mol. The molecule has 23 heavy (non-hydrogen) atoms. The fourth-order valence-corrected chi connectivity index (χ4v) is 2.79. The van der Waals surface area contributed by atoms with Crippen molar-refractivity contribution in [2.24, 2.45) is 5.10 Å². The minimum atomic E-state index is -2.74. The lowest BCUT2D eigenvalue weighted by molar-refractivity contribution is 0.135. The van der Waals surface area contributed by atoms with Crippen LogP contribution in [0.15, 0.2) is 34.5 Å². The molecule has 0 aliphatic rings. The number of thioether (sulfide) groups is 1. The number of methoxy groups -OCH3 is 1. The summed E-state index contributed by atoms with van der Waals surface area (Å²) in [6, 6.07) is 7.21. The Labute approximate surface area is 137 Å². The van der Waals surface area contributed by atoms with Crippen molar-refractivity contribution in [1.82, 2.24) is 14.9 Å². The molecule has 0 aliphatic heterocycles. The van der Waals surface area contributed by atoms with Crippen LogP contribution in [0.1, 0.15) is 37.6 Å². The molecule has 5 nitrogen and oxygen atoms in total. The first kappa shape index (κ1) is 17.4. The Hall–Kier alpha value is -1.96. The number of hydrogen-bond acceptors (Lipinski definition) is 5. The number of hydrogen-bond donors (Lipinski definition) is 0. The Balaban J connectivity index is 2.29. The molecular weight excluding hydrogens is 322 g/mol. The van der Waals surface area contributed by atoms with Gasteiger partial charge in [0, 0.05) is 11.3 Å². The highest BCUT2D eigenvalue weighted by Crippen LogP contribution is 2.24. The molecule has 0 radical (unpaired) electrons. The van der Waals surface area contributed by atoms with Crippen molar-refractivity contribution in [3.8, 4) is 5.75 Å². The Morgan fingerprint density at radius 3 is 2.83 bits per heavy atom. The van der Waals surface area contributed by atoms with Gasteiger partial charge in [0.1, 0.15) is 5.75 Å². The van der Waals surface area contributed by atoms with Gasteiger partial charge >= 0.3 is 0 Å². The third-order valence-electron chi connectivity index (χ3n) is 3.01. The van der Waals surface area contributed by atoms with Crippen LogP contribution in [0, 0.1) is 0 Å². The van der Waals surface area contributed by atoms with Crippen molar-refractivity contribution in [3.05, 3.63) is 35.7 Å². The van der Waals surface area contributed by atoms with Crippen LogP contribution in [0.4, 0.5) is 8.78 Å². The largest absolute Gasteiger partial charge is 0.496 e. The summed E-state index contributed by atoms with van der Waals surface area (Å²) in [5, 5.41) is 11.9. The standard InChI is InChI=1S/C15H18F2N4OS/c1-3-4-9-23-15-20-19-14(13(16)17)21(15)18-10-11-7-5-6-8-12(11)22-2/h5-8,10,13H,3-4,9H2,1-2H3/b18-10-. The first-order chi connectivity index (χ1) is 11.2. The number of rotatable bonds is 8. The Morgan fingerprint density at radius 2 is 2.13 bits per heavy atom.